The van der Waals surface area contributed by atoms with Gasteiger partial charge >= 0.3 is 5.97 Å². The molecule has 0 saturated heterocycles. The van der Waals surface area contributed by atoms with Crippen molar-refractivity contribution in [3.05, 3.63) is 22.7 Å². The largest absolute Gasteiger partial charge is 0.480 e. The van der Waals surface area contributed by atoms with E-state index in [1.54, 1.807) is 0 Å². The van der Waals surface area contributed by atoms with E-state index in [0.29, 0.717) is 0 Å². The molecule has 0 saturated carbocycles. The maximum absolute atomic E-state index is 11.1. The van der Waals surface area contributed by atoms with Gasteiger partial charge in [-0.1, -0.05) is 6.07 Å². The van der Waals surface area contributed by atoms with Crippen LogP contribution in [0, 0.1) is 0 Å². The second-order valence-electron chi connectivity index (χ2n) is 3.81. The predicted octanol–water partition coefficient (Wildman–Crippen LogP) is 2.83. The summed E-state index contributed by atoms with van der Waals surface area (Å²) < 4.78 is 1.01. The van der Waals surface area contributed by atoms with Gasteiger partial charge in [-0.2, -0.15) is 0 Å². The van der Waals surface area contributed by atoms with Crippen LogP contribution in [0.1, 0.15) is 6.92 Å². The quantitative estimate of drug-likeness (QED) is 0.866. The average molecular weight is 302 g/mol. The van der Waals surface area contributed by atoms with Gasteiger partial charge in [0.15, 0.2) is 0 Å². The zero-order valence-electron chi connectivity index (χ0n) is 8.98. The first-order valence-electron chi connectivity index (χ1n) is 4.93. The van der Waals surface area contributed by atoms with Crippen molar-refractivity contribution in [2.45, 2.75) is 23.1 Å². The van der Waals surface area contributed by atoms with Crippen LogP contribution in [0.3, 0.4) is 0 Å². The predicted molar refractivity (Wildman–Crippen MR) is 69.3 cm³/mol. The first kappa shape index (κ1) is 11.8. The number of carbonyl (C=O) groups is 1. The highest BCUT2D eigenvalue weighted by atomic mass is 79.9. The van der Waals surface area contributed by atoms with Crippen molar-refractivity contribution in [2.24, 2.45) is 0 Å². The number of aliphatic carboxylic acids is 1. The second kappa shape index (κ2) is 4.30. The van der Waals surface area contributed by atoms with Gasteiger partial charge in [-0.05, 0) is 35.0 Å². The van der Waals surface area contributed by atoms with Gasteiger partial charge in [0, 0.05) is 22.5 Å². The van der Waals surface area contributed by atoms with Crippen molar-refractivity contribution in [3.63, 3.8) is 0 Å². The summed E-state index contributed by atoms with van der Waals surface area (Å²) in [5.74, 6) is -0.755. The Morgan fingerprint density at radius 3 is 2.88 bits per heavy atom. The van der Waals surface area contributed by atoms with Crippen LogP contribution < -0.4 is 4.90 Å². The van der Waals surface area contributed by atoms with Gasteiger partial charge in [-0.25, -0.2) is 0 Å². The number of thioether (sulfide) groups is 1. The standard InChI is InChI=1S/C11H12BrNO2S/c1-6-10(11(14)15)16-8-5-3-4-7(12)9(8)13(6)2/h3-6,10H,1-2H3,(H,14,15). The maximum Gasteiger partial charge on any atom is 0.319 e. The lowest BCUT2D eigenvalue weighted by Gasteiger charge is -2.37. The molecule has 0 aliphatic carbocycles. The number of rotatable bonds is 1. The van der Waals surface area contributed by atoms with Crippen molar-refractivity contribution in [1.82, 2.24) is 0 Å². The third kappa shape index (κ3) is 1.82. The molecule has 0 aromatic heterocycles. The Morgan fingerprint density at radius 1 is 1.56 bits per heavy atom. The molecule has 0 bridgehead atoms. The highest BCUT2D eigenvalue weighted by Crippen LogP contribution is 2.44. The fourth-order valence-corrected chi connectivity index (χ4v) is 3.89. The molecular weight excluding hydrogens is 290 g/mol. The Bertz CT molecular complexity index is 438. The van der Waals surface area contributed by atoms with Crippen LogP contribution in [-0.2, 0) is 4.79 Å². The number of nitrogens with zero attached hydrogens (tertiary/aromatic N) is 1. The second-order valence-corrected chi connectivity index (χ2v) is 5.85. The minimum absolute atomic E-state index is 0.0197. The Hall–Kier alpha value is -0.680. The topological polar surface area (TPSA) is 40.5 Å². The summed E-state index contributed by atoms with van der Waals surface area (Å²) in [5.41, 5.74) is 1.08. The first-order chi connectivity index (χ1) is 7.52. The van der Waals surface area contributed by atoms with E-state index in [4.69, 9.17) is 5.11 Å². The minimum Gasteiger partial charge on any atom is -0.480 e. The lowest BCUT2D eigenvalue weighted by molar-refractivity contribution is -0.136. The zero-order chi connectivity index (χ0) is 11.9. The number of hydrogen-bond donors (Lipinski definition) is 1. The molecule has 1 heterocycles. The molecular formula is C11H12BrNO2S. The molecule has 0 spiro atoms. The van der Waals surface area contributed by atoms with Gasteiger partial charge in [0.25, 0.3) is 0 Å². The van der Waals surface area contributed by atoms with Crippen LogP contribution in [0.25, 0.3) is 0 Å². The fourth-order valence-electron chi connectivity index (χ4n) is 1.83. The van der Waals surface area contributed by atoms with Crippen molar-refractivity contribution >= 4 is 39.3 Å². The normalized spacial score (nSPS) is 24.1. The number of fused-ring (bicyclic) bond motifs is 1. The van der Waals surface area contributed by atoms with Crippen LogP contribution in [0.5, 0.6) is 0 Å². The smallest absolute Gasteiger partial charge is 0.319 e. The molecule has 16 heavy (non-hydrogen) atoms. The highest BCUT2D eigenvalue weighted by molar-refractivity contribution is 9.10. The van der Waals surface area contributed by atoms with Gasteiger partial charge in [-0.3, -0.25) is 4.79 Å². The third-order valence-electron chi connectivity index (χ3n) is 2.85. The van der Waals surface area contributed by atoms with Crippen molar-refractivity contribution in [2.75, 3.05) is 11.9 Å². The maximum atomic E-state index is 11.1. The summed E-state index contributed by atoms with van der Waals surface area (Å²) in [5, 5.41) is 8.75. The summed E-state index contributed by atoms with van der Waals surface area (Å²) in [4.78, 5) is 14.2. The molecule has 0 radical (unpaired) electrons. The van der Waals surface area contributed by atoms with Crippen LogP contribution >= 0.6 is 27.7 Å². The molecule has 1 aromatic rings. The minimum atomic E-state index is -0.755. The van der Waals surface area contributed by atoms with E-state index in [1.165, 1.54) is 11.8 Å². The van der Waals surface area contributed by atoms with E-state index >= 15 is 0 Å². The van der Waals surface area contributed by atoms with Gasteiger partial charge in [-0.15, -0.1) is 11.8 Å². The molecule has 0 amide bonds. The Kier molecular flexibility index (Phi) is 3.17. The third-order valence-corrected chi connectivity index (χ3v) is 4.92. The van der Waals surface area contributed by atoms with Gasteiger partial charge in [0.2, 0.25) is 0 Å². The summed E-state index contributed by atoms with van der Waals surface area (Å²) in [6.45, 7) is 1.94. The molecule has 2 rings (SSSR count). The van der Waals surface area contributed by atoms with E-state index in [0.717, 1.165) is 15.1 Å². The summed E-state index contributed by atoms with van der Waals surface area (Å²) in [7, 11) is 1.93. The van der Waals surface area contributed by atoms with E-state index in [2.05, 4.69) is 15.9 Å². The number of carboxylic acids is 1. The Morgan fingerprint density at radius 2 is 2.25 bits per heavy atom. The van der Waals surface area contributed by atoms with E-state index < -0.39 is 11.2 Å². The number of carboxylic acid groups (broad SMARTS) is 1. The molecule has 1 aromatic carbocycles. The summed E-state index contributed by atoms with van der Waals surface area (Å²) in [6.07, 6.45) is 0. The van der Waals surface area contributed by atoms with E-state index in [9.17, 15) is 4.79 Å². The monoisotopic (exact) mass is 301 g/mol. The summed E-state index contributed by atoms with van der Waals surface area (Å²) in [6, 6.07) is 5.85. The lowest BCUT2D eigenvalue weighted by atomic mass is 10.1. The number of halogens is 1. The number of para-hydroxylation sites is 1. The van der Waals surface area contributed by atoms with Crippen LogP contribution in [0.4, 0.5) is 5.69 Å². The lowest BCUT2D eigenvalue weighted by Crippen LogP contribution is -2.44. The fraction of sp³-hybridized carbons (Fsp3) is 0.364. The summed E-state index contributed by atoms with van der Waals surface area (Å²) >= 11 is 4.92. The molecule has 1 aliphatic heterocycles. The molecule has 86 valence electrons. The van der Waals surface area contributed by atoms with Crippen LogP contribution in [0.15, 0.2) is 27.6 Å². The van der Waals surface area contributed by atoms with E-state index in [-0.39, 0.29) is 6.04 Å². The molecule has 1 aliphatic rings. The van der Waals surface area contributed by atoms with Gasteiger partial charge in [0.05, 0.1) is 5.69 Å². The first-order valence-corrected chi connectivity index (χ1v) is 6.60. The van der Waals surface area contributed by atoms with Crippen molar-refractivity contribution in [1.29, 1.82) is 0 Å². The Balaban J connectivity index is 2.48. The van der Waals surface area contributed by atoms with Crippen LogP contribution in [0.2, 0.25) is 0 Å². The highest BCUT2D eigenvalue weighted by Gasteiger charge is 2.35. The number of hydrogen-bond acceptors (Lipinski definition) is 3. The van der Waals surface area contributed by atoms with Crippen molar-refractivity contribution < 1.29 is 9.90 Å². The molecule has 0 fully saturated rings. The van der Waals surface area contributed by atoms with Crippen LogP contribution in [-0.4, -0.2) is 29.4 Å². The number of anilines is 1. The molecule has 2 atom stereocenters. The van der Waals surface area contributed by atoms with Gasteiger partial charge in [0.1, 0.15) is 5.25 Å². The molecule has 1 N–H and O–H groups in total. The zero-order valence-corrected chi connectivity index (χ0v) is 11.4. The Labute approximate surface area is 107 Å². The van der Waals surface area contributed by atoms with E-state index in [1.807, 2.05) is 37.1 Å². The van der Waals surface area contributed by atoms with Crippen molar-refractivity contribution in [3.8, 4) is 0 Å². The van der Waals surface area contributed by atoms with Gasteiger partial charge < -0.3 is 10.0 Å². The average Bonchev–Trinajstić information content (AvgIpc) is 2.22. The molecule has 3 nitrogen and oxygen atoms in total. The molecule has 2 unspecified atom stereocenters. The SMILES string of the molecule is CC1C(C(=O)O)Sc2cccc(Br)c2N1C. The number of benzene rings is 1. The molecule has 5 heteroatoms.